The van der Waals surface area contributed by atoms with Gasteiger partial charge in [0, 0.05) is 16.5 Å². The Bertz CT molecular complexity index is 1420. The lowest BCUT2D eigenvalue weighted by Gasteiger charge is -2.45. The van der Waals surface area contributed by atoms with E-state index in [1.807, 2.05) is 60.7 Å². The fraction of sp³-hybridized carbons (Fsp3) is 0.258. The lowest BCUT2D eigenvalue weighted by Crippen LogP contribution is -2.52. The van der Waals surface area contributed by atoms with Crippen LogP contribution in [0.5, 0.6) is 5.75 Å². The number of fused-ring (bicyclic) bond motifs is 1. The number of rotatable bonds is 8. The molecule has 37 heavy (non-hydrogen) atoms. The molecule has 3 aromatic carbocycles. The highest BCUT2D eigenvalue weighted by Gasteiger charge is 2.57. The first-order valence-electron chi connectivity index (χ1n) is 12.4. The maximum absolute atomic E-state index is 12.7. The summed E-state index contributed by atoms with van der Waals surface area (Å²) in [6.45, 7) is 0.388. The zero-order valence-electron chi connectivity index (χ0n) is 21.0. The summed E-state index contributed by atoms with van der Waals surface area (Å²) in [6.07, 6.45) is 1.62. The molecule has 1 heterocycles. The normalized spacial score (nSPS) is 18.6. The van der Waals surface area contributed by atoms with Gasteiger partial charge in [0.25, 0.3) is 0 Å². The molecule has 6 nitrogen and oxygen atoms in total. The van der Waals surface area contributed by atoms with Crippen LogP contribution in [0.1, 0.15) is 24.0 Å². The summed E-state index contributed by atoms with van der Waals surface area (Å²) in [5.74, 6) is -0.500. The van der Waals surface area contributed by atoms with Gasteiger partial charge in [0.05, 0.1) is 36.8 Å². The first kappa shape index (κ1) is 24.5. The number of para-hydroxylation sites is 1. The Morgan fingerprint density at radius 1 is 0.919 bits per heavy atom. The van der Waals surface area contributed by atoms with Crippen molar-refractivity contribution in [2.24, 2.45) is 11.3 Å². The third-order valence-corrected chi connectivity index (χ3v) is 7.33. The van der Waals surface area contributed by atoms with Gasteiger partial charge in [0.1, 0.15) is 12.4 Å². The minimum Gasteiger partial charge on any atom is -0.489 e. The fourth-order valence-electron chi connectivity index (χ4n) is 5.21. The van der Waals surface area contributed by atoms with Crippen LogP contribution >= 0.6 is 0 Å². The van der Waals surface area contributed by atoms with Crippen molar-refractivity contribution >= 4 is 22.8 Å². The molecule has 1 aliphatic rings. The highest BCUT2D eigenvalue weighted by molar-refractivity contribution is 5.88. The number of carbonyl (C=O) groups is 2. The number of methoxy groups -OCH3 is 2. The summed E-state index contributed by atoms with van der Waals surface area (Å²) >= 11 is 0. The summed E-state index contributed by atoms with van der Waals surface area (Å²) < 4.78 is 16.2. The van der Waals surface area contributed by atoms with Crippen molar-refractivity contribution in [2.45, 2.75) is 25.9 Å². The average molecular weight is 496 g/mol. The van der Waals surface area contributed by atoms with Crippen molar-refractivity contribution < 1.29 is 23.8 Å². The molecule has 0 spiro atoms. The lowest BCUT2D eigenvalue weighted by atomic mass is 9.57. The van der Waals surface area contributed by atoms with Gasteiger partial charge in [-0.15, -0.1) is 0 Å². The van der Waals surface area contributed by atoms with Crippen LogP contribution < -0.4 is 4.74 Å². The summed E-state index contributed by atoms with van der Waals surface area (Å²) in [6, 6.07) is 27.9. The molecule has 188 valence electrons. The minimum absolute atomic E-state index is 0.365. The van der Waals surface area contributed by atoms with Crippen LogP contribution in [-0.2, 0) is 32.1 Å². The van der Waals surface area contributed by atoms with E-state index in [9.17, 15) is 9.59 Å². The monoisotopic (exact) mass is 495 g/mol. The smallest absolute Gasteiger partial charge is 0.313 e. The Morgan fingerprint density at radius 2 is 1.65 bits per heavy atom. The third kappa shape index (κ3) is 4.79. The molecule has 0 amide bonds. The summed E-state index contributed by atoms with van der Waals surface area (Å²) in [7, 11) is 2.71. The van der Waals surface area contributed by atoms with Crippen LogP contribution in [0.2, 0.25) is 0 Å². The van der Waals surface area contributed by atoms with Gasteiger partial charge in [-0.3, -0.25) is 9.59 Å². The Kier molecular flexibility index (Phi) is 6.91. The number of hydrogen-bond donors (Lipinski definition) is 0. The van der Waals surface area contributed by atoms with E-state index in [1.165, 1.54) is 14.2 Å². The first-order valence-corrected chi connectivity index (χ1v) is 12.4. The standard InChI is InChI=1S/C31H29NO5/c1-35-29(33)26-16-17-31(26,30(34)36-2)19-21-12-14-24(15-13-21)37-20-23-18-28(22-8-4-3-5-9-22)32-27-11-7-6-10-25(23)27/h3-15,18,26H,16-17,19-20H2,1-2H3/t26-,31+/m0/s1. The number of nitrogens with zero attached hydrogens (tertiary/aromatic N) is 1. The van der Waals surface area contributed by atoms with Gasteiger partial charge in [-0.05, 0) is 49.1 Å². The molecule has 1 aliphatic carbocycles. The highest BCUT2D eigenvalue weighted by Crippen LogP contribution is 2.50. The largest absolute Gasteiger partial charge is 0.489 e. The molecule has 0 aliphatic heterocycles. The van der Waals surface area contributed by atoms with Crippen molar-refractivity contribution in [1.82, 2.24) is 4.98 Å². The molecule has 0 bridgehead atoms. The van der Waals surface area contributed by atoms with Crippen molar-refractivity contribution in [3.63, 3.8) is 0 Å². The van der Waals surface area contributed by atoms with Crippen LogP contribution in [0.3, 0.4) is 0 Å². The van der Waals surface area contributed by atoms with E-state index >= 15 is 0 Å². The van der Waals surface area contributed by atoms with Gasteiger partial charge < -0.3 is 14.2 Å². The van der Waals surface area contributed by atoms with Crippen LogP contribution in [0.4, 0.5) is 0 Å². The van der Waals surface area contributed by atoms with Gasteiger partial charge >= 0.3 is 11.9 Å². The minimum atomic E-state index is -0.881. The number of benzene rings is 3. The maximum Gasteiger partial charge on any atom is 0.313 e. The molecule has 4 aromatic rings. The molecule has 0 saturated heterocycles. The number of pyridine rings is 1. The average Bonchev–Trinajstić information content (AvgIpc) is 2.94. The lowest BCUT2D eigenvalue weighted by molar-refractivity contribution is -0.177. The Hall–Kier alpha value is -4.19. The van der Waals surface area contributed by atoms with E-state index in [-0.39, 0.29) is 11.9 Å². The van der Waals surface area contributed by atoms with Crippen molar-refractivity contribution in [2.75, 3.05) is 14.2 Å². The van der Waals surface area contributed by atoms with E-state index in [0.29, 0.717) is 25.9 Å². The molecule has 0 radical (unpaired) electrons. The predicted octanol–water partition coefficient (Wildman–Crippen LogP) is 5.77. The number of aromatic nitrogens is 1. The van der Waals surface area contributed by atoms with E-state index in [2.05, 4.69) is 24.3 Å². The van der Waals surface area contributed by atoms with Crippen LogP contribution in [0.25, 0.3) is 22.2 Å². The molecular weight excluding hydrogens is 466 g/mol. The number of esters is 2. The number of ether oxygens (including phenoxy) is 3. The SMILES string of the molecule is COC(=O)[C@@H]1CC[C@]1(Cc1ccc(OCc2cc(-c3ccccc3)nc3ccccc23)cc1)C(=O)OC. The van der Waals surface area contributed by atoms with Gasteiger partial charge in [-0.1, -0.05) is 60.7 Å². The molecule has 2 atom stereocenters. The van der Waals surface area contributed by atoms with E-state index in [4.69, 9.17) is 19.2 Å². The second-order valence-corrected chi connectivity index (χ2v) is 9.42. The summed E-state index contributed by atoms with van der Waals surface area (Å²) in [4.78, 5) is 29.7. The maximum atomic E-state index is 12.7. The van der Waals surface area contributed by atoms with Gasteiger partial charge in [0.15, 0.2) is 0 Å². The first-order chi connectivity index (χ1) is 18.0. The zero-order valence-corrected chi connectivity index (χ0v) is 21.0. The van der Waals surface area contributed by atoms with Crippen LogP contribution in [0.15, 0.2) is 84.9 Å². The Morgan fingerprint density at radius 3 is 2.32 bits per heavy atom. The molecule has 5 rings (SSSR count). The third-order valence-electron chi connectivity index (χ3n) is 7.33. The topological polar surface area (TPSA) is 74.7 Å². The molecular formula is C31H29NO5. The summed E-state index contributed by atoms with van der Waals surface area (Å²) in [5, 5.41) is 1.05. The Labute approximate surface area is 216 Å². The molecule has 6 heteroatoms. The summed E-state index contributed by atoms with van der Waals surface area (Å²) in [5.41, 5.74) is 3.99. The zero-order chi connectivity index (χ0) is 25.8. The molecule has 1 aromatic heterocycles. The number of carbonyl (C=O) groups excluding carboxylic acids is 2. The van der Waals surface area contributed by atoms with E-state index in [0.717, 1.165) is 39.0 Å². The molecule has 0 unspecified atom stereocenters. The molecule has 1 fully saturated rings. The van der Waals surface area contributed by atoms with Crippen LogP contribution in [-0.4, -0.2) is 31.1 Å². The van der Waals surface area contributed by atoms with E-state index < -0.39 is 11.3 Å². The molecule has 1 saturated carbocycles. The van der Waals surface area contributed by atoms with Crippen molar-refractivity contribution in [1.29, 1.82) is 0 Å². The van der Waals surface area contributed by atoms with Crippen LogP contribution in [0, 0.1) is 11.3 Å². The van der Waals surface area contributed by atoms with Crippen molar-refractivity contribution in [3.8, 4) is 17.0 Å². The second-order valence-electron chi connectivity index (χ2n) is 9.42. The predicted molar refractivity (Wildman–Crippen MR) is 141 cm³/mol. The fourth-order valence-corrected chi connectivity index (χ4v) is 5.21. The van der Waals surface area contributed by atoms with Gasteiger partial charge in [0.2, 0.25) is 0 Å². The quantitative estimate of drug-likeness (QED) is 0.289. The molecule has 0 N–H and O–H groups in total. The second kappa shape index (κ2) is 10.4. The Balaban J connectivity index is 1.34. The highest BCUT2D eigenvalue weighted by atomic mass is 16.5. The number of hydrogen-bond acceptors (Lipinski definition) is 6. The van der Waals surface area contributed by atoms with E-state index in [1.54, 1.807) is 0 Å². The van der Waals surface area contributed by atoms with Crippen molar-refractivity contribution in [3.05, 3.63) is 96.1 Å². The van der Waals surface area contributed by atoms with Gasteiger partial charge in [-0.25, -0.2) is 4.98 Å². The van der Waals surface area contributed by atoms with Gasteiger partial charge in [-0.2, -0.15) is 0 Å².